The average Bonchev–Trinajstić information content (AvgIpc) is 2.69. The topological polar surface area (TPSA) is 69.7 Å². The zero-order valence-electron chi connectivity index (χ0n) is 15.8. The van der Waals surface area contributed by atoms with Crippen molar-refractivity contribution < 1.29 is 17.6 Å². The van der Waals surface area contributed by atoms with Crippen LogP contribution >= 0.6 is 0 Å². The summed E-state index contributed by atoms with van der Waals surface area (Å²) in [5, 5.41) is 2.82. The molecule has 2 aromatic carbocycles. The van der Waals surface area contributed by atoms with Gasteiger partial charge in [0.05, 0.1) is 22.8 Å². The molecule has 0 bridgehead atoms. The Morgan fingerprint density at radius 2 is 1.71 bits per heavy atom. The summed E-state index contributed by atoms with van der Waals surface area (Å²) in [6, 6.07) is 12.1. The van der Waals surface area contributed by atoms with Gasteiger partial charge in [0.1, 0.15) is 5.82 Å². The number of nitrogens with one attached hydrogen (secondary N) is 1. The summed E-state index contributed by atoms with van der Waals surface area (Å²) in [7, 11) is -2.55. The number of sulfonamides is 1. The van der Waals surface area contributed by atoms with E-state index < -0.39 is 21.7 Å². The highest BCUT2D eigenvalue weighted by Gasteiger charge is 2.23. The fraction of sp³-hybridized carbons (Fsp3) is 0.350. The van der Waals surface area contributed by atoms with E-state index in [1.807, 2.05) is 24.3 Å². The minimum atomic E-state index is -3.88. The molecule has 0 aromatic heterocycles. The lowest BCUT2D eigenvalue weighted by Crippen LogP contribution is -2.35. The summed E-state index contributed by atoms with van der Waals surface area (Å²) in [5.41, 5.74) is 1.61. The Balaban J connectivity index is 1.69. The largest absolute Gasteiger partial charge is 0.370 e. The van der Waals surface area contributed by atoms with Crippen LogP contribution < -0.4 is 10.2 Å². The summed E-state index contributed by atoms with van der Waals surface area (Å²) < 4.78 is 39.1. The molecule has 3 rings (SSSR count). The van der Waals surface area contributed by atoms with Gasteiger partial charge in [-0.2, -0.15) is 4.31 Å². The van der Waals surface area contributed by atoms with E-state index in [2.05, 4.69) is 10.2 Å². The highest BCUT2D eigenvalue weighted by molar-refractivity contribution is 7.89. The zero-order chi connectivity index (χ0) is 20.1. The predicted molar refractivity (Wildman–Crippen MR) is 107 cm³/mol. The van der Waals surface area contributed by atoms with E-state index in [0.717, 1.165) is 48.1 Å². The van der Waals surface area contributed by atoms with Crippen LogP contribution in [0.25, 0.3) is 0 Å². The smallest absolute Gasteiger partial charge is 0.243 e. The Hall–Kier alpha value is -2.45. The predicted octanol–water partition coefficient (Wildman–Crippen LogP) is 3.08. The van der Waals surface area contributed by atoms with Gasteiger partial charge < -0.3 is 10.2 Å². The van der Waals surface area contributed by atoms with E-state index >= 15 is 0 Å². The molecule has 1 fully saturated rings. The number of para-hydroxylation sites is 2. The lowest BCUT2D eigenvalue weighted by molar-refractivity contribution is -0.116. The van der Waals surface area contributed by atoms with E-state index in [4.69, 9.17) is 0 Å². The summed E-state index contributed by atoms with van der Waals surface area (Å²) in [4.78, 5) is 14.7. The molecule has 8 heteroatoms. The van der Waals surface area contributed by atoms with Crippen molar-refractivity contribution in [3.63, 3.8) is 0 Å². The molecule has 1 aliphatic rings. The van der Waals surface area contributed by atoms with Crippen LogP contribution in [0.1, 0.15) is 19.3 Å². The van der Waals surface area contributed by atoms with Gasteiger partial charge in [-0.25, -0.2) is 12.8 Å². The van der Waals surface area contributed by atoms with Crippen LogP contribution in [0.3, 0.4) is 0 Å². The van der Waals surface area contributed by atoms with Crippen LogP contribution in [0.2, 0.25) is 0 Å². The number of benzene rings is 2. The lowest BCUT2D eigenvalue weighted by Gasteiger charge is -2.30. The summed E-state index contributed by atoms with van der Waals surface area (Å²) in [6.45, 7) is 1.53. The van der Waals surface area contributed by atoms with E-state index in [0.29, 0.717) is 5.69 Å². The number of carbonyl (C=O) groups excluding carboxylic acids is 1. The molecule has 1 amide bonds. The number of likely N-dealkylation sites (N-methyl/N-ethyl adjacent to an activating group) is 1. The molecule has 150 valence electrons. The fourth-order valence-electron chi connectivity index (χ4n) is 3.25. The minimum absolute atomic E-state index is 0.0575. The van der Waals surface area contributed by atoms with Crippen molar-refractivity contribution in [2.24, 2.45) is 0 Å². The van der Waals surface area contributed by atoms with Gasteiger partial charge in [-0.1, -0.05) is 12.1 Å². The third-order valence-corrected chi connectivity index (χ3v) is 6.58. The second-order valence-corrected chi connectivity index (χ2v) is 8.87. The third kappa shape index (κ3) is 4.69. The highest BCUT2D eigenvalue weighted by Crippen LogP contribution is 2.28. The summed E-state index contributed by atoms with van der Waals surface area (Å²) >= 11 is 0. The van der Waals surface area contributed by atoms with Gasteiger partial charge in [0, 0.05) is 20.1 Å². The first-order valence-corrected chi connectivity index (χ1v) is 10.7. The Morgan fingerprint density at radius 3 is 2.39 bits per heavy atom. The first kappa shape index (κ1) is 20.3. The molecule has 0 unspecified atom stereocenters. The van der Waals surface area contributed by atoms with Crippen molar-refractivity contribution >= 4 is 27.3 Å². The number of rotatable bonds is 6. The average molecular weight is 405 g/mol. The molecular formula is C20H24FN3O3S. The van der Waals surface area contributed by atoms with Gasteiger partial charge in [-0.15, -0.1) is 0 Å². The van der Waals surface area contributed by atoms with Crippen LogP contribution in [-0.2, 0) is 14.8 Å². The summed E-state index contributed by atoms with van der Waals surface area (Å²) in [6.07, 6.45) is 3.43. The van der Waals surface area contributed by atoms with Crippen molar-refractivity contribution in [1.82, 2.24) is 4.31 Å². The van der Waals surface area contributed by atoms with Crippen LogP contribution in [0.5, 0.6) is 0 Å². The van der Waals surface area contributed by atoms with Crippen LogP contribution in [0.15, 0.2) is 53.4 Å². The normalized spacial score (nSPS) is 14.9. The van der Waals surface area contributed by atoms with Crippen molar-refractivity contribution in [3.05, 3.63) is 54.3 Å². The van der Waals surface area contributed by atoms with Crippen molar-refractivity contribution in [1.29, 1.82) is 0 Å². The van der Waals surface area contributed by atoms with Crippen LogP contribution in [-0.4, -0.2) is 45.3 Å². The Morgan fingerprint density at radius 1 is 1.07 bits per heavy atom. The van der Waals surface area contributed by atoms with Crippen molar-refractivity contribution in [2.75, 3.05) is 36.9 Å². The van der Waals surface area contributed by atoms with Gasteiger partial charge in [0.15, 0.2) is 0 Å². The molecule has 1 saturated heterocycles. The number of hydrogen-bond donors (Lipinski definition) is 1. The molecule has 0 saturated carbocycles. The molecule has 0 aliphatic carbocycles. The number of carbonyl (C=O) groups is 1. The van der Waals surface area contributed by atoms with Crippen molar-refractivity contribution in [2.45, 2.75) is 24.2 Å². The minimum Gasteiger partial charge on any atom is -0.370 e. The maximum absolute atomic E-state index is 13.0. The molecular weight excluding hydrogens is 381 g/mol. The second kappa shape index (κ2) is 8.70. The van der Waals surface area contributed by atoms with E-state index in [1.165, 1.54) is 25.6 Å². The molecule has 1 aliphatic heterocycles. The molecule has 1 N–H and O–H groups in total. The molecule has 0 atom stereocenters. The first-order valence-electron chi connectivity index (χ1n) is 9.23. The molecule has 1 heterocycles. The molecule has 28 heavy (non-hydrogen) atoms. The van der Waals surface area contributed by atoms with Gasteiger partial charge in [0.2, 0.25) is 15.9 Å². The number of nitrogens with zero attached hydrogens (tertiary/aromatic N) is 2. The molecule has 6 nitrogen and oxygen atoms in total. The fourth-order valence-corrected chi connectivity index (χ4v) is 4.38. The maximum atomic E-state index is 13.0. The monoisotopic (exact) mass is 405 g/mol. The molecule has 0 radical (unpaired) electrons. The molecule has 0 spiro atoms. The standard InChI is InChI=1S/C20H24FN3O3S/c1-23(28(26,27)17-11-9-16(21)10-12-17)15-20(25)22-18-7-3-4-8-19(18)24-13-5-2-6-14-24/h3-4,7-12H,2,5-6,13-15H2,1H3,(H,22,25). The number of hydrogen-bond acceptors (Lipinski definition) is 4. The van der Waals surface area contributed by atoms with E-state index in [-0.39, 0.29) is 11.4 Å². The third-order valence-electron chi connectivity index (χ3n) is 4.76. The first-order chi connectivity index (χ1) is 13.4. The number of anilines is 2. The number of piperidine rings is 1. The zero-order valence-corrected chi connectivity index (χ0v) is 16.6. The van der Waals surface area contributed by atoms with E-state index in [9.17, 15) is 17.6 Å². The van der Waals surface area contributed by atoms with Crippen molar-refractivity contribution in [3.8, 4) is 0 Å². The van der Waals surface area contributed by atoms with Gasteiger partial charge >= 0.3 is 0 Å². The quantitative estimate of drug-likeness (QED) is 0.802. The lowest BCUT2D eigenvalue weighted by atomic mass is 10.1. The van der Waals surface area contributed by atoms with Gasteiger partial charge in [-0.05, 0) is 55.7 Å². The number of amides is 1. The van der Waals surface area contributed by atoms with Crippen LogP contribution in [0.4, 0.5) is 15.8 Å². The Labute approximate surface area is 165 Å². The maximum Gasteiger partial charge on any atom is 0.243 e. The Kier molecular flexibility index (Phi) is 6.31. The second-order valence-electron chi connectivity index (χ2n) is 6.83. The van der Waals surface area contributed by atoms with Gasteiger partial charge in [-0.3, -0.25) is 4.79 Å². The molecule has 2 aromatic rings. The van der Waals surface area contributed by atoms with Gasteiger partial charge in [0.25, 0.3) is 0 Å². The Bertz CT molecular complexity index is 926. The van der Waals surface area contributed by atoms with E-state index in [1.54, 1.807) is 0 Å². The van der Waals surface area contributed by atoms with Crippen LogP contribution in [0, 0.1) is 5.82 Å². The highest BCUT2D eigenvalue weighted by atomic mass is 32.2. The summed E-state index contributed by atoms with van der Waals surface area (Å²) in [5.74, 6) is -0.952. The number of halogens is 1. The SMILES string of the molecule is CN(CC(=O)Nc1ccccc1N1CCCCC1)S(=O)(=O)c1ccc(F)cc1.